The fourth-order valence-corrected chi connectivity index (χ4v) is 8.47. The summed E-state index contributed by atoms with van der Waals surface area (Å²) in [7, 11) is 0. The summed E-state index contributed by atoms with van der Waals surface area (Å²) in [4.78, 5) is 9.85. The number of imidazole rings is 1. The molecule has 3 nitrogen and oxygen atoms in total. The van der Waals surface area contributed by atoms with Crippen molar-refractivity contribution in [2.75, 3.05) is 0 Å². The number of pyridine rings is 1. The Kier molecular flexibility index (Phi) is 5.63. The van der Waals surface area contributed by atoms with E-state index in [2.05, 4.69) is 157 Å². The van der Waals surface area contributed by atoms with E-state index in [9.17, 15) is 0 Å². The molecule has 0 radical (unpaired) electrons. The monoisotopic (exact) mass is 613 g/mol. The van der Waals surface area contributed by atoms with E-state index in [1.165, 1.54) is 55.6 Å². The molecule has 0 amide bonds. The number of benzene rings is 6. The molecule has 3 heteroatoms. The Hall–Kier alpha value is -6.06. The average Bonchev–Trinajstić information content (AvgIpc) is 3.76. The van der Waals surface area contributed by atoms with Crippen LogP contribution >= 0.6 is 0 Å². The van der Waals surface area contributed by atoms with Crippen molar-refractivity contribution in [2.45, 2.75) is 19.3 Å². The quantitative estimate of drug-likeness (QED) is 0.198. The third kappa shape index (κ3) is 3.59. The second-order valence-electron chi connectivity index (χ2n) is 13.0. The lowest BCUT2D eigenvalue weighted by Gasteiger charge is -2.30. The predicted molar refractivity (Wildman–Crippen MR) is 196 cm³/mol. The van der Waals surface area contributed by atoms with Crippen molar-refractivity contribution in [3.05, 3.63) is 185 Å². The maximum absolute atomic E-state index is 5.09. The lowest BCUT2D eigenvalue weighted by atomic mass is 9.70. The molecule has 0 saturated heterocycles. The summed E-state index contributed by atoms with van der Waals surface area (Å²) in [6.07, 6.45) is 0. The van der Waals surface area contributed by atoms with Gasteiger partial charge >= 0.3 is 0 Å². The zero-order valence-electron chi connectivity index (χ0n) is 26.8. The molecule has 226 valence electrons. The van der Waals surface area contributed by atoms with Crippen LogP contribution in [0.15, 0.2) is 152 Å². The van der Waals surface area contributed by atoms with E-state index in [0.717, 1.165) is 39.5 Å². The van der Waals surface area contributed by atoms with E-state index in [1.807, 2.05) is 13.0 Å². The zero-order chi connectivity index (χ0) is 32.0. The van der Waals surface area contributed by atoms with Gasteiger partial charge < -0.3 is 0 Å². The van der Waals surface area contributed by atoms with Crippen molar-refractivity contribution in [2.24, 2.45) is 0 Å². The fraction of sp³-hybridized carbons (Fsp3) is 0.0667. The van der Waals surface area contributed by atoms with E-state index >= 15 is 0 Å². The van der Waals surface area contributed by atoms with Gasteiger partial charge in [0.05, 0.1) is 16.4 Å². The molecule has 0 bridgehead atoms. The van der Waals surface area contributed by atoms with Gasteiger partial charge in [0.15, 0.2) is 0 Å². The minimum absolute atomic E-state index is 0.348. The number of aromatic nitrogens is 3. The number of hydrogen-bond donors (Lipinski definition) is 0. The second kappa shape index (κ2) is 9.97. The van der Waals surface area contributed by atoms with E-state index in [1.54, 1.807) is 0 Å². The van der Waals surface area contributed by atoms with Crippen molar-refractivity contribution in [1.29, 1.82) is 0 Å². The number of aryl methyl sites for hydroxylation is 2. The molecule has 8 aromatic rings. The molecule has 48 heavy (non-hydrogen) atoms. The lowest BCUT2D eigenvalue weighted by Crippen LogP contribution is -2.25. The summed E-state index contributed by atoms with van der Waals surface area (Å²) in [5.41, 5.74) is 18.9. The number of para-hydroxylation sites is 2. The molecule has 10 rings (SSSR count). The first kappa shape index (κ1) is 27.1. The van der Waals surface area contributed by atoms with Crippen LogP contribution in [0.25, 0.3) is 61.5 Å². The Labute approximate surface area is 279 Å². The molecular formula is C45H31N3. The lowest BCUT2D eigenvalue weighted by molar-refractivity contribution is 0.794. The Balaban J connectivity index is 1.14. The first-order chi connectivity index (χ1) is 23.6. The summed E-state index contributed by atoms with van der Waals surface area (Å²) in [6.45, 7) is 4.09. The average molecular weight is 614 g/mol. The first-order valence-electron chi connectivity index (χ1n) is 16.6. The van der Waals surface area contributed by atoms with E-state index in [-0.39, 0.29) is 5.41 Å². The van der Waals surface area contributed by atoms with Crippen LogP contribution in [0.3, 0.4) is 0 Å². The van der Waals surface area contributed by atoms with Crippen molar-refractivity contribution in [3.63, 3.8) is 0 Å². The van der Waals surface area contributed by atoms with Crippen molar-refractivity contribution in [1.82, 2.24) is 14.5 Å². The highest BCUT2D eigenvalue weighted by Crippen LogP contribution is 2.63. The van der Waals surface area contributed by atoms with Gasteiger partial charge in [0.25, 0.3) is 0 Å². The molecule has 0 N–H and O–H groups in total. The Morgan fingerprint density at radius 1 is 0.458 bits per heavy atom. The van der Waals surface area contributed by atoms with Gasteiger partial charge in [0.1, 0.15) is 5.82 Å². The van der Waals surface area contributed by atoms with Gasteiger partial charge in [-0.1, -0.05) is 109 Å². The number of rotatable bonds is 3. The molecule has 2 aliphatic rings. The second-order valence-corrected chi connectivity index (χ2v) is 13.0. The number of nitrogens with zero attached hydrogens (tertiary/aromatic N) is 3. The Morgan fingerprint density at radius 2 is 1.00 bits per heavy atom. The largest absolute Gasteiger partial charge is 0.292 e. The molecule has 2 aliphatic carbocycles. The molecule has 0 saturated carbocycles. The molecule has 6 aromatic carbocycles. The summed E-state index contributed by atoms with van der Waals surface area (Å²) >= 11 is 0. The molecule has 2 heterocycles. The van der Waals surface area contributed by atoms with E-state index in [4.69, 9.17) is 9.97 Å². The standard InChI is InChI=1S/C45H31N3/c1-28-19-25-33(29(2)46-28)44-47-42-17-9-10-18-43(42)48(44)32-23-20-30(21-24-32)31-22-26-37-36-13-5-8-16-40(36)45(41(37)27-31)38-14-6-3-11-34(38)35-12-4-7-15-39(35)45/h3-27H,1-2H3. The van der Waals surface area contributed by atoms with Crippen LogP contribution in [0, 0.1) is 13.8 Å². The molecule has 2 aromatic heterocycles. The van der Waals surface area contributed by atoms with Crippen LogP contribution in [-0.2, 0) is 5.41 Å². The molecule has 0 unspecified atom stereocenters. The van der Waals surface area contributed by atoms with Crippen LogP contribution in [0.5, 0.6) is 0 Å². The van der Waals surface area contributed by atoms with Crippen LogP contribution in [0.4, 0.5) is 0 Å². The van der Waals surface area contributed by atoms with Gasteiger partial charge in [-0.05, 0) is 112 Å². The van der Waals surface area contributed by atoms with Gasteiger partial charge in [0, 0.05) is 22.6 Å². The zero-order valence-corrected chi connectivity index (χ0v) is 26.8. The summed E-state index contributed by atoms with van der Waals surface area (Å²) in [5.74, 6) is 0.907. The van der Waals surface area contributed by atoms with Gasteiger partial charge in [0.2, 0.25) is 0 Å². The van der Waals surface area contributed by atoms with E-state index in [0.29, 0.717) is 0 Å². The summed E-state index contributed by atoms with van der Waals surface area (Å²) in [5, 5.41) is 0. The summed E-state index contributed by atoms with van der Waals surface area (Å²) < 4.78 is 2.26. The Morgan fingerprint density at radius 3 is 1.65 bits per heavy atom. The minimum Gasteiger partial charge on any atom is -0.292 e. The third-order valence-corrected chi connectivity index (χ3v) is 10.5. The number of hydrogen-bond acceptors (Lipinski definition) is 2. The highest BCUT2D eigenvalue weighted by atomic mass is 15.1. The molecule has 0 fully saturated rings. The summed E-state index contributed by atoms with van der Waals surface area (Å²) in [6, 6.07) is 55.5. The smallest absolute Gasteiger partial charge is 0.147 e. The highest BCUT2D eigenvalue weighted by Gasteiger charge is 2.51. The minimum atomic E-state index is -0.348. The van der Waals surface area contributed by atoms with Gasteiger partial charge in [-0.15, -0.1) is 0 Å². The van der Waals surface area contributed by atoms with Gasteiger partial charge in [-0.25, -0.2) is 4.98 Å². The van der Waals surface area contributed by atoms with Crippen LogP contribution < -0.4 is 0 Å². The van der Waals surface area contributed by atoms with Crippen LogP contribution in [0.1, 0.15) is 33.6 Å². The van der Waals surface area contributed by atoms with Crippen molar-refractivity contribution >= 4 is 11.0 Å². The fourth-order valence-electron chi connectivity index (χ4n) is 8.47. The molecule has 0 aliphatic heterocycles. The van der Waals surface area contributed by atoms with E-state index < -0.39 is 0 Å². The Bertz CT molecular complexity index is 2520. The normalized spacial score (nSPS) is 13.4. The topological polar surface area (TPSA) is 30.7 Å². The molecule has 1 spiro atoms. The number of fused-ring (bicyclic) bond motifs is 11. The highest BCUT2D eigenvalue weighted by molar-refractivity contribution is 5.96. The van der Waals surface area contributed by atoms with Gasteiger partial charge in [-0.2, -0.15) is 0 Å². The predicted octanol–water partition coefficient (Wildman–Crippen LogP) is 10.7. The molecular weight excluding hydrogens is 583 g/mol. The van der Waals surface area contributed by atoms with Crippen molar-refractivity contribution < 1.29 is 0 Å². The van der Waals surface area contributed by atoms with Crippen LogP contribution in [-0.4, -0.2) is 14.5 Å². The maximum Gasteiger partial charge on any atom is 0.147 e. The first-order valence-corrected chi connectivity index (χ1v) is 16.6. The molecule has 0 atom stereocenters. The van der Waals surface area contributed by atoms with Crippen molar-refractivity contribution in [3.8, 4) is 50.5 Å². The van der Waals surface area contributed by atoms with Gasteiger partial charge in [-0.3, -0.25) is 9.55 Å². The maximum atomic E-state index is 5.09. The third-order valence-electron chi connectivity index (χ3n) is 10.5. The van der Waals surface area contributed by atoms with Crippen LogP contribution in [0.2, 0.25) is 0 Å². The SMILES string of the molecule is Cc1ccc(-c2nc3ccccc3n2-c2ccc(-c3ccc4c(c3)C3(c5ccccc5-c5ccccc53)c3ccccc3-4)cc2)c(C)n1.